The van der Waals surface area contributed by atoms with Gasteiger partial charge in [-0.05, 0) is 54.3 Å². The number of sulfonamides is 1. The quantitative estimate of drug-likeness (QED) is 0.345. The molecular formula is C20H15FN2Na2O7S3. The van der Waals surface area contributed by atoms with Crippen molar-refractivity contribution < 1.29 is 35.5 Å². The van der Waals surface area contributed by atoms with E-state index in [9.17, 15) is 26.0 Å². The van der Waals surface area contributed by atoms with Crippen LogP contribution in [0.5, 0.6) is 0 Å². The van der Waals surface area contributed by atoms with Crippen LogP contribution in [0.3, 0.4) is 0 Å². The normalized spacial score (nSPS) is 11.5. The number of oxazole rings is 1. The maximum Gasteiger partial charge on any atom is 0.357 e. The number of nitrogens with zero attached hydrogens (tertiary/aromatic N) is 1. The molecule has 2 N–H and O–H groups in total. The molecule has 0 aliphatic rings. The monoisotopic (exact) mass is 556 g/mol. The van der Waals surface area contributed by atoms with E-state index < -0.39 is 31.6 Å². The van der Waals surface area contributed by atoms with Crippen LogP contribution in [0.1, 0.15) is 16.1 Å². The molecule has 0 aliphatic heterocycles. The summed E-state index contributed by atoms with van der Waals surface area (Å²) in [5.41, 5.74) is -0.110. The molecule has 2 heterocycles. The smallest absolute Gasteiger partial charge is 0.357 e. The Kier molecular flexibility index (Phi) is 9.40. The van der Waals surface area contributed by atoms with Gasteiger partial charge in [0.2, 0.25) is 5.89 Å². The van der Waals surface area contributed by atoms with Crippen LogP contribution >= 0.6 is 11.3 Å². The molecule has 15 heteroatoms. The van der Waals surface area contributed by atoms with Gasteiger partial charge in [-0.25, -0.2) is 31.0 Å². The molecule has 0 spiro atoms. The van der Waals surface area contributed by atoms with Crippen molar-refractivity contribution in [2.75, 3.05) is 11.0 Å². The van der Waals surface area contributed by atoms with Crippen molar-refractivity contribution in [2.45, 2.75) is 16.0 Å². The first-order chi connectivity index (χ1) is 15.4. The number of fused-ring (bicyclic) bond motifs is 1. The molecule has 2 radical (unpaired) electrons. The second kappa shape index (κ2) is 11.0. The van der Waals surface area contributed by atoms with E-state index in [0.717, 1.165) is 29.9 Å². The number of sulfone groups is 1. The number of hydrogen-bond donors (Lipinski definition) is 2. The van der Waals surface area contributed by atoms with Gasteiger partial charge in [-0.1, -0.05) is 0 Å². The Morgan fingerprint density at radius 2 is 1.80 bits per heavy atom. The average Bonchev–Trinajstić information content (AvgIpc) is 3.33. The number of carboxylic acids is 1. The molecule has 174 valence electrons. The first-order valence-corrected chi connectivity index (χ1v) is 13.3. The molecular weight excluding hydrogens is 541 g/mol. The molecule has 35 heavy (non-hydrogen) atoms. The van der Waals surface area contributed by atoms with Gasteiger partial charge in [0.25, 0.3) is 10.0 Å². The zero-order valence-electron chi connectivity index (χ0n) is 19.0. The third-order valence-electron chi connectivity index (χ3n) is 4.69. The van der Waals surface area contributed by atoms with Gasteiger partial charge in [0, 0.05) is 75.6 Å². The van der Waals surface area contributed by atoms with Crippen molar-refractivity contribution in [2.24, 2.45) is 0 Å². The third-order valence-corrected chi connectivity index (χ3v) is 9.09. The molecule has 9 nitrogen and oxygen atoms in total. The number of anilines is 1. The van der Waals surface area contributed by atoms with Gasteiger partial charge in [0.15, 0.2) is 15.5 Å². The van der Waals surface area contributed by atoms with Gasteiger partial charge in [-0.3, -0.25) is 4.72 Å². The molecule has 0 aliphatic carbocycles. The Balaban J connectivity index is 0.00000216. The Morgan fingerprint density at radius 3 is 2.40 bits per heavy atom. The third kappa shape index (κ3) is 6.17. The zero-order chi connectivity index (χ0) is 24.1. The Labute approximate surface area is 248 Å². The predicted molar refractivity (Wildman–Crippen MR) is 131 cm³/mol. The summed E-state index contributed by atoms with van der Waals surface area (Å²) >= 11 is 0.930. The van der Waals surface area contributed by atoms with E-state index >= 15 is 0 Å². The van der Waals surface area contributed by atoms with Crippen molar-refractivity contribution in [1.29, 1.82) is 0 Å². The largest absolute Gasteiger partial charge is 0.476 e. The number of benzene rings is 2. The predicted octanol–water partition coefficient (Wildman–Crippen LogP) is 3.14. The minimum absolute atomic E-state index is 0. The standard InChI is InChI=1S/C20H15FN2O7S3.2Na/c1-10-13-8-12(21)4-6-16(13)31-20(10)33(28,29)23-14-5-3-11(7-17(14)32(2,26)27)18-22-15(9-30-18)19(24)25;;/h3-9,23H,1-2H3,(H,24,25);;. The summed E-state index contributed by atoms with van der Waals surface area (Å²) in [6.45, 7) is 1.54. The summed E-state index contributed by atoms with van der Waals surface area (Å²) in [5, 5.41) is 9.43. The molecule has 0 saturated carbocycles. The second-order valence-electron chi connectivity index (χ2n) is 7.09. The van der Waals surface area contributed by atoms with Crippen LogP contribution in [0.15, 0.2) is 56.2 Å². The fourth-order valence-electron chi connectivity index (χ4n) is 3.17. The number of nitrogens with one attached hydrogen (secondary N) is 1. The fourth-order valence-corrected chi connectivity index (χ4v) is 6.92. The average molecular weight is 557 g/mol. The molecule has 0 bridgehead atoms. The molecule has 0 amide bonds. The van der Waals surface area contributed by atoms with Crippen LogP contribution in [-0.2, 0) is 19.9 Å². The van der Waals surface area contributed by atoms with Crippen LogP contribution < -0.4 is 4.72 Å². The molecule has 2 aromatic heterocycles. The topological polar surface area (TPSA) is 144 Å². The summed E-state index contributed by atoms with van der Waals surface area (Å²) in [6, 6.07) is 7.63. The summed E-state index contributed by atoms with van der Waals surface area (Å²) in [5.74, 6) is -1.97. The number of halogens is 1. The minimum atomic E-state index is -4.22. The number of aromatic carboxylic acids is 1. The molecule has 0 unspecified atom stereocenters. The van der Waals surface area contributed by atoms with Crippen molar-refractivity contribution in [1.82, 2.24) is 4.98 Å². The Hall–Kier alpha value is -1.29. The summed E-state index contributed by atoms with van der Waals surface area (Å²) in [4.78, 5) is 14.4. The van der Waals surface area contributed by atoms with Gasteiger partial charge in [-0.15, -0.1) is 11.3 Å². The molecule has 0 atom stereocenters. The van der Waals surface area contributed by atoms with Crippen LogP contribution in [0.25, 0.3) is 21.5 Å². The summed E-state index contributed by atoms with van der Waals surface area (Å²) < 4.78 is 72.5. The van der Waals surface area contributed by atoms with E-state index in [1.165, 1.54) is 37.3 Å². The zero-order valence-corrected chi connectivity index (χ0v) is 25.4. The second-order valence-corrected chi connectivity index (χ2v) is 12.0. The molecule has 4 aromatic rings. The number of carboxylic acid groups (broad SMARTS) is 1. The van der Waals surface area contributed by atoms with Gasteiger partial charge in [0.1, 0.15) is 16.3 Å². The van der Waals surface area contributed by atoms with Crippen molar-refractivity contribution in [3.8, 4) is 11.5 Å². The van der Waals surface area contributed by atoms with Crippen molar-refractivity contribution >= 4 is 112 Å². The maximum atomic E-state index is 13.6. The molecule has 0 fully saturated rings. The van der Waals surface area contributed by atoms with Gasteiger partial charge in [0.05, 0.1) is 10.6 Å². The van der Waals surface area contributed by atoms with Crippen LogP contribution in [-0.4, -0.2) is 98.3 Å². The van der Waals surface area contributed by atoms with Crippen LogP contribution in [0, 0.1) is 12.7 Å². The van der Waals surface area contributed by atoms with E-state index in [1.807, 2.05) is 0 Å². The maximum absolute atomic E-state index is 13.6. The van der Waals surface area contributed by atoms with Crippen molar-refractivity contribution in [3.05, 3.63) is 59.7 Å². The number of aromatic nitrogens is 1. The Morgan fingerprint density at radius 1 is 1.11 bits per heavy atom. The van der Waals surface area contributed by atoms with E-state index in [4.69, 9.17) is 9.52 Å². The van der Waals surface area contributed by atoms with Crippen LogP contribution in [0.4, 0.5) is 10.1 Å². The molecule has 2 aromatic carbocycles. The number of carbonyl (C=O) groups is 1. The minimum Gasteiger partial charge on any atom is -0.476 e. The molecule has 0 saturated heterocycles. The van der Waals surface area contributed by atoms with E-state index in [0.29, 0.717) is 15.6 Å². The van der Waals surface area contributed by atoms with E-state index in [2.05, 4.69) is 9.71 Å². The SMILES string of the molecule is Cc1c(S(=O)(=O)Nc2ccc(-c3nc(C(=O)O)co3)cc2S(C)(=O)=O)sc2ccc(F)cc12.[Na].[Na]. The van der Waals surface area contributed by atoms with Gasteiger partial charge in [-0.2, -0.15) is 0 Å². The summed E-state index contributed by atoms with van der Waals surface area (Å²) in [6.07, 6.45) is 1.80. The number of aryl methyl sites for hydroxylation is 1. The van der Waals surface area contributed by atoms with Gasteiger partial charge >= 0.3 is 5.97 Å². The number of rotatable bonds is 6. The van der Waals surface area contributed by atoms with Crippen LogP contribution in [0.2, 0.25) is 0 Å². The number of thiophene rings is 1. The first kappa shape index (κ1) is 29.9. The fraction of sp³-hybridized carbons (Fsp3) is 0.100. The number of hydrogen-bond acceptors (Lipinski definition) is 8. The van der Waals surface area contributed by atoms with E-state index in [-0.39, 0.29) is 91.1 Å². The van der Waals surface area contributed by atoms with Crippen molar-refractivity contribution in [3.63, 3.8) is 0 Å². The van der Waals surface area contributed by atoms with E-state index in [1.54, 1.807) is 0 Å². The molecule has 4 rings (SSSR count). The first-order valence-electron chi connectivity index (χ1n) is 9.11. The Bertz CT molecular complexity index is 1650. The summed E-state index contributed by atoms with van der Waals surface area (Å²) in [7, 11) is -8.15. The van der Waals surface area contributed by atoms with Gasteiger partial charge < -0.3 is 9.52 Å².